The van der Waals surface area contributed by atoms with Crippen LogP contribution < -0.4 is 5.32 Å². The second-order valence-corrected chi connectivity index (χ2v) is 5.98. The van der Waals surface area contributed by atoms with Gasteiger partial charge in [0, 0.05) is 19.1 Å². The van der Waals surface area contributed by atoms with Crippen molar-refractivity contribution in [1.29, 1.82) is 0 Å². The molecule has 0 amide bonds. The van der Waals surface area contributed by atoms with Crippen LogP contribution in [-0.4, -0.2) is 43.8 Å². The fourth-order valence-corrected chi connectivity index (χ4v) is 3.30. The molecule has 110 valence electrons. The minimum absolute atomic E-state index is 0.266. The van der Waals surface area contributed by atoms with Gasteiger partial charge in [-0.1, -0.05) is 31.2 Å². The summed E-state index contributed by atoms with van der Waals surface area (Å²) in [6.07, 6.45) is 4.08. The van der Waals surface area contributed by atoms with Crippen LogP contribution in [0.1, 0.15) is 36.9 Å². The van der Waals surface area contributed by atoms with Crippen molar-refractivity contribution in [1.82, 2.24) is 10.2 Å². The molecule has 2 unspecified atom stereocenters. The maximum atomic E-state index is 6.05. The molecule has 1 saturated carbocycles. The molecule has 1 aromatic carbocycles. The van der Waals surface area contributed by atoms with Crippen LogP contribution in [0.15, 0.2) is 24.3 Å². The third kappa shape index (κ3) is 2.90. The van der Waals surface area contributed by atoms with Gasteiger partial charge in [-0.05, 0) is 37.4 Å². The molecular formula is C17H26N2O. The van der Waals surface area contributed by atoms with E-state index in [9.17, 15) is 0 Å². The van der Waals surface area contributed by atoms with Gasteiger partial charge in [0.1, 0.15) is 0 Å². The Bertz CT molecular complexity index is 425. The number of likely N-dealkylation sites (N-methyl/N-ethyl adjacent to an activating group) is 1. The van der Waals surface area contributed by atoms with Crippen LogP contribution in [0.5, 0.6) is 0 Å². The van der Waals surface area contributed by atoms with Crippen LogP contribution in [0.25, 0.3) is 0 Å². The first-order valence-electron chi connectivity index (χ1n) is 7.94. The van der Waals surface area contributed by atoms with Crippen molar-refractivity contribution in [3.8, 4) is 0 Å². The molecule has 1 aliphatic carbocycles. The van der Waals surface area contributed by atoms with E-state index in [1.54, 1.807) is 0 Å². The first kappa shape index (κ1) is 14.1. The van der Waals surface area contributed by atoms with Crippen LogP contribution in [0, 0.1) is 0 Å². The molecule has 1 aromatic rings. The summed E-state index contributed by atoms with van der Waals surface area (Å²) >= 11 is 0. The fraction of sp³-hybridized carbons (Fsp3) is 0.647. The van der Waals surface area contributed by atoms with Gasteiger partial charge in [0.05, 0.1) is 18.8 Å². The van der Waals surface area contributed by atoms with Crippen LogP contribution >= 0.6 is 0 Å². The molecule has 2 aliphatic rings. The van der Waals surface area contributed by atoms with Gasteiger partial charge in [-0.2, -0.15) is 0 Å². The third-order valence-electron chi connectivity index (χ3n) is 4.54. The van der Waals surface area contributed by atoms with Crippen molar-refractivity contribution in [2.24, 2.45) is 0 Å². The number of hydrogen-bond donors (Lipinski definition) is 1. The minimum atomic E-state index is 0.266. The Hall–Kier alpha value is -0.900. The van der Waals surface area contributed by atoms with Crippen molar-refractivity contribution in [3.05, 3.63) is 35.4 Å². The number of hydrogen-bond acceptors (Lipinski definition) is 3. The average Bonchev–Trinajstić information content (AvgIpc) is 3.32. The van der Waals surface area contributed by atoms with E-state index in [0.717, 1.165) is 32.2 Å². The SMILES string of the molecule is CCc1ccc(C2C(CNC)OCCN2C2CC2)cc1. The molecule has 1 N–H and O–H groups in total. The second-order valence-electron chi connectivity index (χ2n) is 5.98. The molecule has 3 rings (SSSR count). The molecule has 1 saturated heterocycles. The standard InChI is InChI=1S/C17H26N2O/c1-3-13-4-6-14(7-5-13)17-16(12-18-2)20-11-10-19(17)15-8-9-15/h4-7,15-18H,3,8-12H2,1-2H3. The highest BCUT2D eigenvalue weighted by molar-refractivity contribution is 5.27. The van der Waals surface area contributed by atoms with Crippen LogP contribution in [0.4, 0.5) is 0 Å². The van der Waals surface area contributed by atoms with Gasteiger partial charge < -0.3 is 10.1 Å². The molecule has 1 heterocycles. The number of morpholine rings is 1. The van der Waals surface area contributed by atoms with E-state index >= 15 is 0 Å². The largest absolute Gasteiger partial charge is 0.374 e. The monoisotopic (exact) mass is 274 g/mol. The summed E-state index contributed by atoms with van der Waals surface area (Å²) < 4.78 is 6.05. The zero-order valence-electron chi connectivity index (χ0n) is 12.6. The fourth-order valence-electron chi connectivity index (χ4n) is 3.30. The molecule has 0 radical (unpaired) electrons. The van der Waals surface area contributed by atoms with Gasteiger partial charge in [0.15, 0.2) is 0 Å². The van der Waals surface area contributed by atoms with Crippen molar-refractivity contribution in [2.75, 3.05) is 26.7 Å². The normalized spacial score (nSPS) is 27.7. The molecule has 2 fully saturated rings. The molecule has 2 atom stereocenters. The first-order chi connectivity index (χ1) is 9.83. The first-order valence-corrected chi connectivity index (χ1v) is 7.94. The summed E-state index contributed by atoms with van der Waals surface area (Å²) in [5.74, 6) is 0. The van der Waals surface area contributed by atoms with Crippen LogP contribution in [0.2, 0.25) is 0 Å². The van der Waals surface area contributed by atoms with Crippen molar-refractivity contribution < 1.29 is 4.74 Å². The van der Waals surface area contributed by atoms with Gasteiger partial charge in [0.2, 0.25) is 0 Å². The zero-order valence-corrected chi connectivity index (χ0v) is 12.6. The Morgan fingerprint density at radius 1 is 1.25 bits per heavy atom. The Balaban J connectivity index is 1.85. The van der Waals surface area contributed by atoms with Crippen molar-refractivity contribution in [3.63, 3.8) is 0 Å². The Kier molecular flexibility index (Phi) is 4.39. The second kappa shape index (κ2) is 6.25. The quantitative estimate of drug-likeness (QED) is 0.892. The van der Waals surface area contributed by atoms with E-state index in [1.807, 2.05) is 7.05 Å². The summed E-state index contributed by atoms with van der Waals surface area (Å²) in [5.41, 5.74) is 2.82. The molecule has 0 bridgehead atoms. The topological polar surface area (TPSA) is 24.5 Å². The van der Waals surface area contributed by atoms with Gasteiger partial charge >= 0.3 is 0 Å². The molecule has 3 heteroatoms. The number of nitrogens with zero attached hydrogens (tertiary/aromatic N) is 1. The highest BCUT2D eigenvalue weighted by atomic mass is 16.5. The predicted molar refractivity (Wildman–Crippen MR) is 82.0 cm³/mol. The van der Waals surface area contributed by atoms with Crippen molar-refractivity contribution in [2.45, 2.75) is 44.4 Å². The van der Waals surface area contributed by atoms with E-state index < -0.39 is 0 Å². The van der Waals surface area contributed by atoms with Crippen LogP contribution in [0.3, 0.4) is 0 Å². The van der Waals surface area contributed by atoms with E-state index in [0.29, 0.717) is 6.04 Å². The molecule has 1 aliphatic heterocycles. The predicted octanol–water partition coefficient (Wildman–Crippen LogP) is 2.37. The third-order valence-corrected chi connectivity index (χ3v) is 4.54. The molecule has 3 nitrogen and oxygen atoms in total. The summed E-state index contributed by atoms with van der Waals surface area (Å²) in [6.45, 7) is 5.07. The maximum absolute atomic E-state index is 6.05. The number of aryl methyl sites for hydroxylation is 1. The van der Waals surface area contributed by atoms with Gasteiger partial charge in [0.25, 0.3) is 0 Å². The Labute approximate surface area is 122 Å². The van der Waals surface area contributed by atoms with Gasteiger partial charge in [-0.3, -0.25) is 4.90 Å². The number of nitrogens with one attached hydrogen (secondary N) is 1. The maximum Gasteiger partial charge on any atom is 0.0896 e. The van der Waals surface area contributed by atoms with Crippen molar-refractivity contribution >= 4 is 0 Å². The van der Waals surface area contributed by atoms with E-state index in [2.05, 4.69) is 41.4 Å². The summed E-state index contributed by atoms with van der Waals surface area (Å²) in [7, 11) is 2.01. The van der Waals surface area contributed by atoms with E-state index in [4.69, 9.17) is 4.74 Å². The molecule has 20 heavy (non-hydrogen) atoms. The smallest absolute Gasteiger partial charge is 0.0896 e. The summed E-state index contributed by atoms with van der Waals surface area (Å²) in [4.78, 5) is 2.67. The average molecular weight is 274 g/mol. The number of ether oxygens (including phenoxy) is 1. The van der Waals surface area contributed by atoms with Gasteiger partial charge in [-0.25, -0.2) is 0 Å². The number of rotatable bonds is 5. The van der Waals surface area contributed by atoms with E-state index in [1.165, 1.54) is 24.0 Å². The minimum Gasteiger partial charge on any atom is -0.374 e. The Morgan fingerprint density at radius 3 is 2.60 bits per heavy atom. The van der Waals surface area contributed by atoms with Gasteiger partial charge in [-0.15, -0.1) is 0 Å². The summed E-state index contributed by atoms with van der Waals surface area (Å²) in [5, 5.41) is 3.29. The van der Waals surface area contributed by atoms with Crippen LogP contribution in [-0.2, 0) is 11.2 Å². The summed E-state index contributed by atoms with van der Waals surface area (Å²) in [6, 6.07) is 10.3. The Morgan fingerprint density at radius 2 is 2.00 bits per heavy atom. The lowest BCUT2D eigenvalue weighted by Crippen LogP contribution is -2.49. The number of benzene rings is 1. The molecule has 0 spiro atoms. The lowest BCUT2D eigenvalue weighted by atomic mass is 9.96. The zero-order chi connectivity index (χ0) is 13.9. The molecular weight excluding hydrogens is 248 g/mol. The van der Waals surface area contributed by atoms with E-state index in [-0.39, 0.29) is 6.10 Å². The lowest BCUT2D eigenvalue weighted by Gasteiger charge is -2.42. The lowest BCUT2D eigenvalue weighted by molar-refractivity contribution is -0.0740. The highest BCUT2D eigenvalue weighted by Gasteiger charge is 2.40. The molecule has 0 aromatic heterocycles. The highest BCUT2D eigenvalue weighted by Crippen LogP contribution is 2.38.